The van der Waals surface area contributed by atoms with Gasteiger partial charge >= 0.3 is 0 Å². The number of hydrogen-bond acceptors (Lipinski definition) is 7. The van der Waals surface area contributed by atoms with Crippen molar-refractivity contribution >= 4 is 11.5 Å². The number of ether oxygens (including phenoxy) is 2. The summed E-state index contributed by atoms with van der Waals surface area (Å²) >= 11 is 0. The van der Waals surface area contributed by atoms with Crippen molar-refractivity contribution in [2.75, 3.05) is 31.7 Å². The number of rotatable bonds is 4. The number of nitro groups is 1. The van der Waals surface area contributed by atoms with Gasteiger partial charge in [0.2, 0.25) is 0 Å². The molecule has 2 heterocycles. The van der Waals surface area contributed by atoms with E-state index >= 15 is 0 Å². The molecule has 9 heteroatoms. The van der Waals surface area contributed by atoms with Crippen LogP contribution < -0.4 is 5.32 Å². The molecule has 0 atom stereocenters. The van der Waals surface area contributed by atoms with Crippen molar-refractivity contribution in [1.29, 1.82) is 0 Å². The monoisotopic (exact) mass is 334 g/mol. The van der Waals surface area contributed by atoms with Crippen LogP contribution in [0.3, 0.4) is 0 Å². The highest BCUT2D eigenvalue weighted by Crippen LogP contribution is 2.29. The molecule has 1 aliphatic heterocycles. The maximum Gasteiger partial charge on any atom is 0.281 e. The number of halogens is 1. The standard InChI is InChI=1S/C15H15FN4O4/c16-10-1-2-12(14(5-10)20(21)22)13-6-15(18-9-17-13)19-11-7-23-3-4-24-8-11/h1-2,5-6,9,11H,3-4,7-8H2,(H,17,18,19). The summed E-state index contributed by atoms with van der Waals surface area (Å²) in [5, 5.41) is 14.3. The van der Waals surface area contributed by atoms with Crippen LogP contribution in [0.1, 0.15) is 0 Å². The number of benzene rings is 1. The molecule has 0 radical (unpaired) electrons. The molecule has 1 aliphatic rings. The zero-order valence-electron chi connectivity index (χ0n) is 12.6. The number of nitrogens with one attached hydrogen (secondary N) is 1. The number of anilines is 1. The summed E-state index contributed by atoms with van der Waals surface area (Å²) in [5.74, 6) is -0.191. The van der Waals surface area contributed by atoms with E-state index in [9.17, 15) is 14.5 Å². The molecule has 1 N–H and O–H groups in total. The Morgan fingerprint density at radius 3 is 2.67 bits per heavy atom. The molecule has 0 aliphatic carbocycles. The Hall–Kier alpha value is -2.65. The molecule has 1 saturated heterocycles. The molecule has 0 amide bonds. The van der Waals surface area contributed by atoms with E-state index in [1.807, 2.05) is 0 Å². The molecule has 1 aromatic heterocycles. The van der Waals surface area contributed by atoms with Crippen LogP contribution in [0.4, 0.5) is 15.9 Å². The van der Waals surface area contributed by atoms with Crippen LogP contribution in [-0.2, 0) is 9.47 Å². The van der Waals surface area contributed by atoms with Crippen LogP contribution in [0, 0.1) is 15.9 Å². The van der Waals surface area contributed by atoms with E-state index in [1.54, 1.807) is 6.07 Å². The zero-order chi connectivity index (χ0) is 16.9. The lowest BCUT2D eigenvalue weighted by molar-refractivity contribution is -0.384. The van der Waals surface area contributed by atoms with Gasteiger partial charge in [0.1, 0.15) is 18.0 Å². The lowest BCUT2D eigenvalue weighted by atomic mass is 10.1. The van der Waals surface area contributed by atoms with Crippen molar-refractivity contribution < 1.29 is 18.8 Å². The quantitative estimate of drug-likeness (QED) is 0.674. The first kappa shape index (κ1) is 16.2. The summed E-state index contributed by atoms with van der Waals surface area (Å²) in [6.07, 6.45) is 1.29. The fourth-order valence-corrected chi connectivity index (χ4v) is 2.37. The van der Waals surface area contributed by atoms with Gasteiger partial charge in [-0.15, -0.1) is 0 Å². The van der Waals surface area contributed by atoms with Gasteiger partial charge in [-0.25, -0.2) is 14.4 Å². The molecule has 1 fully saturated rings. The van der Waals surface area contributed by atoms with Crippen LogP contribution in [-0.4, -0.2) is 47.4 Å². The van der Waals surface area contributed by atoms with Crippen LogP contribution in [0.2, 0.25) is 0 Å². The van der Waals surface area contributed by atoms with Crippen molar-refractivity contribution in [3.05, 3.63) is 46.5 Å². The first-order valence-electron chi connectivity index (χ1n) is 7.32. The Morgan fingerprint density at radius 2 is 1.96 bits per heavy atom. The van der Waals surface area contributed by atoms with Gasteiger partial charge in [-0.3, -0.25) is 10.1 Å². The van der Waals surface area contributed by atoms with Crippen molar-refractivity contribution in [2.45, 2.75) is 6.04 Å². The lowest BCUT2D eigenvalue weighted by Gasteiger charge is -2.16. The number of aromatic nitrogens is 2. The van der Waals surface area contributed by atoms with Gasteiger partial charge in [0.05, 0.1) is 54.7 Å². The highest BCUT2D eigenvalue weighted by molar-refractivity contribution is 5.72. The predicted molar refractivity (Wildman–Crippen MR) is 83.1 cm³/mol. The van der Waals surface area contributed by atoms with Crippen molar-refractivity contribution in [2.24, 2.45) is 0 Å². The third-order valence-corrected chi connectivity index (χ3v) is 3.46. The topological polar surface area (TPSA) is 99.4 Å². The summed E-state index contributed by atoms with van der Waals surface area (Å²) in [7, 11) is 0. The first-order chi connectivity index (χ1) is 11.6. The maximum atomic E-state index is 13.3. The third-order valence-electron chi connectivity index (χ3n) is 3.46. The Kier molecular flexibility index (Phi) is 4.92. The minimum absolute atomic E-state index is 0.0848. The average Bonchev–Trinajstić information content (AvgIpc) is 2.83. The highest BCUT2D eigenvalue weighted by Gasteiger charge is 2.19. The van der Waals surface area contributed by atoms with Gasteiger partial charge in [0, 0.05) is 6.07 Å². The fourth-order valence-electron chi connectivity index (χ4n) is 2.37. The van der Waals surface area contributed by atoms with Gasteiger partial charge in [-0.2, -0.15) is 0 Å². The van der Waals surface area contributed by atoms with Gasteiger partial charge in [0.15, 0.2) is 0 Å². The van der Waals surface area contributed by atoms with Crippen LogP contribution >= 0.6 is 0 Å². The van der Waals surface area contributed by atoms with Crippen LogP contribution in [0.5, 0.6) is 0 Å². The van der Waals surface area contributed by atoms with E-state index < -0.39 is 10.7 Å². The summed E-state index contributed by atoms with van der Waals surface area (Å²) in [6, 6.07) is 4.85. The smallest absolute Gasteiger partial charge is 0.281 e. The Morgan fingerprint density at radius 1 is 1.21 bits per heavy atom. The van der Waals surface area contributed by atoms with E-state index in [4.69, 9.17) is 9.47 Å². The third kappa shape index (κ3) is 3.81. The average molecular weight is 334 g/mol. The molecule has 0 bridgehead atoms. The number of nitrogens with zero attached hydrogens (tertiary/aromatic N) is 3. The van der Waals surface area contributed by atoms with Crippen molar-refractivity contribution in [1.82, 2.24) is 9.97 Å². The summed E-state index contributed by atoms with van der Waals surface area (Å²) in [5.41, 5.74) is 0.204. The Balaban J connectivity index is 1.86. The van der Waals surface area contributed by atoms with Gasteiger partial charge < -0.3 is 14.8 Å². The number of hydrogen-bond donors (Lipinski definition) is 1. The molecular formula is C15H15FN4O4. The molecule has 0 unspecified atom stereocenters. The Bertz CT molecular complexity index is 735. The fraction of sp³-hybridized carbons (Fsp3) is 0.333. The van der Waals surface area contributed by atoms with Crippen LogP contribution in [0.15, 0.2) is 30.6 Å². The van der Waals surface area contributed by atoms with E-state index in [2.05, 4.69) is 15.3 Å². The molecule has 126 valence electrons. The lowest BCUT2D eigenvalue weighted by Crippen LogP contribution is -2.28. The normalized spacial score (nSPS) is 15.7. The molecule has 1 aromatic carbocycles. The summed E-state index contributed by atoms with van der Waals surface area (Å²) in [6.45, 7) is 2.01. The molecule has 2 aromatic rings. The largest absolute Gasteiger partial charge is 0.377 e. The second-order valence-electron chi connectivity index (χ2n) is 5.20. The van der Waals surface area contributed by atoms with Crippen molar-refractivity contribution in [3.8, 4) is 11.3 Å². The van der Waals surface area contributed by atoms with Gasteiger partial charge in [-0.05, 0) is 12.1 Å². The molecule has 8 nitrogen and oxygen atoms in total. The Labute approximate surface area is 136 Å². The minimum Gasteiger partial charge on any atom is -0.377 e. The SMILES string of the molecule is O=[N+]([O-])c1cc(F)ccc1-c1cc(NC2COCCOC2)ncn1. The van der Waals surface area contributed by atoms with E-state index in [-0.39, 0.29) is 17.3 Å². The molecule has 24 heavy (non-hydrogen) atoms. The van der Waals surface area contributed by atoms with E-state index in [0.717, 1.165) is 12.1 Å². The second-order valence-corrected chi connectivity index (χ2v) is 5.20. The van der Waals surface area contributed by atoms with E-state index in [0.29, 0.717) is 37.9 Å². The predicted octanol–water partition coefficient (Wildman–Crippen LogP) is 2.02. The minimum atomic E-state index is -0.675. The zero-order valence-corrected chi connectivity index (χ0v) is 12.6. The first-order valence-corrected chi connectivity index (χ1v) is 7.32. The van der Waals surface area contributed by atoms with E-state index in [1.165, 1.54) is 12.4 Å². The summed E-state index contributed by atoms with van der Waals surface area (Å²) in [4.78, 5) is 18.7. The molecule has 3 rings (SSSR count). The molecule has 0 spiro atoms. The van der Waals surface area contributed by atoms with Crippen LogP contribution in [0.25, 0.3) is 11.3 Å². The van der Waals surface area contributed by atoms with Crippen molar-refractivity contribution in [3.63, 3.8) is 0 Å². The molecular weight excluding hydrogens is 319 g/mol. The maximum absolute atomic E-state index is 13.3. The van der Waals surface area contributed by atoms with Gasteiger partial charge in [0.25, 0.3) is 5.69 Å². The number of nitro benzene ring substituents is 1. The highest BCUT2D eigenvalue weighted by atomic mass is 19.1. The summed E-state index contributed by atoms with van der Waals surface area (Å²) < 4.78 is 24.1. The van der Waals surface area contributed by atoms with Gasteiger partial charge in [-0.1, -0.05) is 0 Å². The second kappa shape index (κ2) is 7.28. The molecule has 0 saturated carbocycles.